The molecule has 2 rings (SSSR count). The van der Waals surface area contributed by atoms with Crippen LogP contribution >= 0.6 is 0 Å². The van der Waals surface area contributed by atoms with Gasteiger partial charge in [-0.25, -0.2) is 17.9 Å². The topological polar surface area (TPSA) is 97.6 Å². The summed E-state index contributed by atoms with van der Waals surface area (Å²) in [6, 6.07) is 2.45. The SMILES string of the molecule is CCOC(=O)c1ccc(S(=O)(=O)NC2CCNCC2)o1. The van der Waals surface area contributed by atoms with Gasteiger partial charge in [-0.05, 0) is 45.0 Å². The molecule has 1 aromatic rings. The Hall–Kier alpha value is -1.38. The van der Waals surface area contributed by atoms with Crippen molar-refractivity contribution >= 4 is 16.0 Å². The molecule has 0 aromatic carbocycles. The average Bonchev–Trinajstić information content (AvgIpc) is 2.90. The summed E-state index contributed by atoms with van der Waals surface area (Å²) < 4.78 is 36.6. The fourth-order valence-electron chi connectivity index (χ4n) is 1.99. The summed E-state index contributed by atoms with van der Waals surface area (Å²) in [5, 5.41) is 2.89. The van der Waals surface area contributed by atoms with Crippen LogP contribution < -0.4 is 10.0 Å². The van der Waals surface area contributed by atoms with E-state index in [-0.39, 0.29) is 23.5 Å². The number of carbonyl (C=O) groups excluding carboxylic acids is 1. The van der Waals surface area contributed by atoms with Gasteiger partial charge in [0.1, 0.15) is 0 Å². The van der Waals surface area contributed by atoms with E-state index in [0.717, 1.165) is 25.9 Å². The van der Waals surface area contributed by atoms with Gasteiger partial charge in [-0.15, -0.1) is 0 Å². The van der Waals surface area contributed by atoms with E-state index in [2.05, 4.69) is 10.0 Å². The van der Waals surface area contributed by atoms with Crippen LogP contribution in [0.15, 0.2) is 21.6 Å². The zero-order valence-electron chi connectivity index (χ0n) is 11.2. The van der Waals surface area contributed by atoms with Crippen molar-refractivity contribution in [2.24, 2.45) is 0 Å². The Balaban J connectivity index is 2.07. The van der Waals surface area contributed by atoms with Gasteiger partial charge in [0.05, 0.1) is 6.61 Å². The van der Waals surface area contributed by atoms with Gasteiger partial charge in [-0.1, -0.05) is 0 Å². The van der Waals surface area contributed by atoms with E-state index >= 15 is 0 Å². The number of piperidine rings is 1. The van der Waals surface area contributed by atoms with E-state index in [1.807, 2.05) is 0 Å². The van der Waals surface area contributed by atoms with Crippen molar-refractivity contribution in [1.29, 1.82) is 0 Å². The van der Waals surface area contributed by atoms with Crippen LogP contribution in [0.3, 0.4) is 0 Å². The van der Waals surface area contributed by atoms with Crippen LogP contribution in [0.25, 0.3) is 0 Å². The Bertz CT molecular complexity index is 560. The molecule has 2 heterocycles. The summed E-state index contributed by atoms with van der Waals surface area (Å²) in [7, 11) is -3.74. The number of furan rings is 1. The molecule has 0 unspecified atom stereocenters. The third kappa shape index (κ3) is 3.59. The smallest absolute Gasteiger partial charge is 0.374 e. The van der Waals surface area contributed by atoms with Gasteiger partial charge < -0.3 is 14.5 Å². The maximum Gasteiger partial charge on any atom is 0.374 e. The van der Waals surface area contributed by atoms with Crippen molar-refractivity contribution in [2.45, 2.75) is 30.9 Å². The lowest BCUT2D eigenvalue weighted by Crippen LogP contribution is -2.42. The van der Waals surface area contributed by atoms with E-state index in [1.165, 1.54) is 12.1 Å². The van der Waals surface area contributed by atoms with Gasteiger partial charge >= 0.3 is 5.97 Å². The molecular weight excluding hydrogens is 284 g/mol. The maximum atomic E-state index is 12.1. The van der Waals surface area contributed by atoms with Gasteiger partial charge in [0.2, 0.25) is 10.9 Å². The van der Waals surface area contributed by atoms with Crippen LogP contribution in [-0.4, -0.2) is 40.1 Å². The standard InChI is InChI=1S/C12H18N2O5S/c1-2-18-12(15)10-3-4-11(19-10)20(16,17)14-9-5-7-13-8-6-9/h3-4,9,13-14H,2,5-8H2,1H3. The van der Waals surface area contributed by atoms with E-state index < -0.39 is 16.0 Å². The monoisotopic (exact) mass is 302 g/mol. The molecule has 0 bridgehead atoms. The van der Waals surface area contributed by atoms with Gasteiger partial charge in [0.15, 0.2) is 0 Å². The van der Waals surface area contributed by atoms with Crippen molar-refractivity contribution in [3.05, 3.63) is 17.9 Å². The highest BCUT2D eigenvalue weighted by molar-refractivity contribution is 7.89. The first kappa shape index (κ1) is 15.0. The van der Waals surface area contributed by atoms with E-state index in [9.17, 15) is 13.2 Å². The van der Waals surface area contributed by atoms with Crippen LogP contribution in [0.4, 0.5) is 0 Å². The molecule has 0 spiro atoms. The number of sulfonamides is 1. The number of carbonyl (C=O) groups is 1. The fraction of sp³-hybridized carbons (Fsp3) is 0.583. The molecule has 112 valence electrons. The summed E-state index contributed by atoms with van der Waals surface area (Å²) in [5.41, 5.74) is 0. The molecule has 1 saturated heterocycles. The number of rotatable bonds is 5. The van der Waals surface area contributed by atoms with Crippen LogP contribution in [-0.2, 0) is 14.8 Å². The van der Waals surface area contributed by atoms with Crippen molar-refractivity contribution in [2.75, 3.05) is 19.7 Å². The Labute approximate surface area is 117 Å². The van der Waals surface area contributed by atoms with Gasteiger partial charge in [0.25, 0.3) is 10.0 Å². The number of ether oxygens (including phenoxy) is 1. The van der Waals surface area contributed by atoms with Gasteiger partial charge in [-0.2, -0.15) is 0 Å². The third-order valence-corrected chi connectivity index (χ3v) is 4.38. The summed E-state index contributed by atoms with van der Waals surface area (Å²) in [6.45, 7) is 3.42. The molecule has 20 heavy (non-hydrogen) atoms. The van der Waals surface area contributed by atoms with Crippen LogP contribution in [0.5, 0.6) is 0 Å². The number of hydrogen-bond acceptors (Lipinski definition) is 6. The molecule has 0 amide bonds. The van der Waals surface area contributed by atoms with Crippen molar-refractivity contribution < 1.29 is 22.4 Å². The fourth-order valence-corrected chi connectivity index (χ4v) is 3.23. The lowest BCUT2D eigenvalue weighted by Gasteiger charge is -2.22. The maximum absolute atomic E-state index is 12.1. The second kappa shape index (κ2) is 6.38. The molecule has 1 aliphatic rings. The summed E-state index contributed by atoms with van der Waals surface area (Å²) in [6.07, 6.45) is 1.45. The van der Waals surface area contributed by atoms with Crippen LogP contribution in [0.2, 0.25) is 0 Å². The minimum atomic E-state index is -3.74. The second-order valence-corrected chi connectivity index (χ2v) is 6.13. The Kier molecular flexibility index (Phi) is 4.79. The van der Waals surface area contributed by atoms with Crippen molar-refractivity contribution in [3.63, 3.8) is 0 Å². The molecule has 1 aromatic heterocycles. The highest BCUT2D eigenvalue weighted by atomic mass is 32.2. The molecule has 0 aliphatic carbocycles. The lowest BCUT2D eigenvalue weighted by molar-refractivity contribution is 0.0484. The lowest BCUT2D eigenvalue weighted by atomic mass is 10.1. The molecule has 1 fully saturated rings. The predicted molar refractivity (Wildman–Crippen MR) is 70.9 cm³/mol. The molecule has 2 N–H and O–H groups in total. The minimum Gasteiger partial charge on any atom is -0.460 e. The molecule has 1 aliphatic heterocycles. The first-order chi connectivity index (χ1) is 9.53. The second-order valence-electron chi connectivity index (χ2n) is 4.48. The number of nitrogens with one attached hydrogen (secondary N) is 2. The minimum absolute atomic E-state index is 0.113. The largest absolute Gasteiger partial charge is 0.460 e. The average molecular weight is 302 g/mol. The van der Waals surface area contributed by atoms with Crippen molar-refractivity contribution in [3.8, 4) is 0 Å². The van der Waals surface area contributed by atoms with Crippen LogP contribution in [0.1, 0.15) is 30.3 Å². The van der Waals surface area contributed by atoms with E-state index in [4.69, 9.17) is 9.15 Å². The summed E-state index contributed by atoms with van der Waals surface area (Å²) >= 11 is 0. The Morgan fingerprint density at radius 3 is 2.80 bits per heavy atom. The van der Waals surface area contributed by atoms with Gasteiger partial charge in [-0.3, -0.25) is 0 Å². The van der Waals surface area contributed by atoms with Crippen molar-refractivity contribution in [1.82, 2.24) is 10.0 Å². The Morgan fingerprint density at radius 2 is 2.15 bits per heavy atom. The highest BCUT2D eigenvalue weighted by Gasteiger charge is 2.25. The molecular formula is C12H18N2O5S. The van der Waals surface area contributed by atoms with Crippen LogP contribution in [0, 0.1) is 0 Å². The zero-order valence-corrected chi connectivity index (χ0v) is 12.0. The van der Waals surface area contributed by atoms with E-state index in [0.29, 0.717) is 0 Å². The third-order valence-electron chi connectivity index (χ3n) is 2.98. The molecule has 0 radical (unpaired) electrons. The number of esters is 1. The highest BCUT2D eigenvalue weighted by Crippen LogP contribution is 2.16. The molecule has 0 atom stereocenters. The number of hydrogen-bond donors (Lipinski definition) is 2. The van der Waals surface area contributed by atoms with Gasteiger partial charge in [0, 0.05) is 6.04 Å². The molecule has 0 saturated carbocycles. The summed E-state index contributed by atoms with van der Waals surface area (Å²) in [4.78, 5) is 11.4. The molecule has 8 heteroatoms. The predicted octanol–water partition coefficient (Wildman–Crippen LogP) is 0.487. The Morgan fingerprint density at radius 1 is 1.45 bits per heavy atom. The van der Waals surface area contributed by atoms with E-state index in [1.54, 1.807) is 6.92 Å². The normalized spacial score (nSPS) is 17.1. The zero-order chi connectivity index (χ0) is 14.6. The first-order valence-corrected chi connectivity index (χ1v) is 8.01. The quantitative estimate of drug-likeness (QED) is 0.768. The molecule has 7 nitrogen and oxygen atoms in total. The first-order valence-electron chi connectivity index (χ1n) is 6.53. The summed E-state index contributed by atoms with van der Waals surface area (Å²) in [5.74, 6) is -0.784.